The first-order chi connectivity index (χ1) is 11.0. The summed E-state index contributed by atoms with van der Waals surface area (Å²) in [7, 11) is 0. The fourth-order valence-corrected chi connectivity index (χ4v) is 1.77. The summed E-state index contributed by atoms with van der Waals surface area (Å²) in [6.45, 7) is -3.35. The second-order valence-electron chi connectivity index (χ2n) is 4.40. The van der Waals surface area contributed by atoms with E-state index in [1.807, 2.05) is 0 Å². The van der Waals surface area contributed by atoms with Gasteiger partial charge in [-0.3, -0.25) is 4.79 Å². The van der Waals surface area contributed by atoms with Crippen LogP contribution in [0, 0.1) is 11.6 Å². The summed E-state index contributed by atoms with van der Waals surface area (Å²) in [6, 6.07) is 8.43. The van der Waals surface area contributed by atoms with E-state index in [1.165, 1.54) is 18.2 Å². The van der Waals surface area contributed by atoms with Gasteiger partial charge in [0.1, 0.15) is 17.4 Å². The average molecular weight is 328 g/mol. The molecule has 0 saturated heterocycles. The second-order valence-corrected chi connectivity index (χ2v) is 4.40. The fourth-order valence-electron chi connectivity index (χ4n) is 1.77. The maximum Gasteiger partial charge on any atom is 0.387 e. The number of para-hydroxylation sites is 2. The maximum atomic E-state index is 13.4. The lowest BCUT2D eigenvalue weighted by Gasteiger charge is -2.12. The first-order valence-electron chi connectivity index (χ1n) is 6.48. The maximum absolute atomic E-state index is 13.4. The molecule has 0 unspecified atom stereocenters. The first-order valence-corrected chi connectivity index (χ1v) is 6.48. The number of amides is 1. The Morgan fingerprint density at radius 1 is 1.09 bits per heavy atom. The van der Waals surface area contributed by atoms with Crippen molar-refractivity contribution >= 4 is 17.3 Å². The van der Waals surface area contributed by atoms with Gasteiger partial charge in [-0.05, 0) is 24.3 Å². The number of anilines is 2. The average Bonchev–Trinajstić information content (AvgIpc) is 2.49. The smallest absolute Gasteiger partial charge is 0.387 e. The van der Waals surface area contributed by atoms with E-state index in [9.17, 15) is 22.4 Å². The van der Waals surface area contributed by atoms with E-state index in [-0.39, 0.29) is 23.7 Å². The van der Waals surface area contributed by atoms with Gasteiger partial charge in [0.15, 0.2) is 0 Å². The van der Waals surface area contributed by atoms with Crippen LogP contribution in [-0.2, 0) is 4.79 Å². The van der Waals surface area contributed by atoms with Crippen LogP contribution < -0.4 is 15.4 Å². The van der Waals surface area contributed by atoms with Crippen molar-refractivity contribution in [3.63, 3.8) is 0 Å². The minimum atomic E-state index is -3.01. The standard InChI is InChI=1S/C15H12F4N2O2/c16-9-5-6-10(17)12(7-9)21-14(22)8-20-11-3-1-2-4-13(11)23-15(18)19/h1-7,15,20H,8H2,(H,21,22). The number of rotatable bonds is 6. The van der Waals surface area contributed by atoms with Gasteiger partial charge in [-0.15, -0.1) is 0 Å². The Labute approximate surface area is 129 Å². The highest BCUT2D eigenvalue weighted by Gasteiger charge is 2.11. The third-order valence-corrected chi connectivity index (χ3v) is 2.75. The lowest BCUT2D eigenvalue weighted by molar-refractivity contribution is -0.114. The SMILES string of the molecule is O=C(CNc1ccccc1OC(F)F)Nc1cc(F)ccc1F. The van der Waals surface area contributed by atoms with Crippen molar-refractivity contribution in [2.24, 2.45) is 0 Å². The molecular weight excluding hydrogens is 316 g/mol. The summed E-state index contributed by atoms with van der Waals surface area (Å²) >= 11 is 0. The molecule has 2 aromatic rings. The summed E-state index contributed by atoms with van der Waals surface area (Å²) in [6.07, 6.45) is 0. The molecule has 2 rings (SSSR count). The van der Waals surface area contributed by atoms with Gasteiger partial charge in [0.25, 0.3) is 0 Å². The van der Waals surface area contributed by atoms with Crippen molar-refractivity contribution in [1.82, 2.24) is 0 Å². The minimum Gasteiger partial charge on any atom is -0.433 e. The Hall–Kier alpha value is -2.77. The van der Waals surface area contributed by atoms with E-state index in [2.05, 4.69) is 15.4 Å². The molecule has 1 amide bonds. The molecule has 0 fully saturated rings. The van der Waals surface area contributed by atoms with Crippen molar-refractivity contribution in [2.45, 2.75) is 6.61 Å². The van der Waals surface area contributed by atoms with E-state index < -0.39 is 24.2 Å². The van der Waals surface area contributed by atoms with Gasteiger partial charge in [0.2, 0.25) is 5.91 Å². The van der Waals surface area contributed by atoms with Crippen molar-refractivity contribution in [1.29, 1.82) is 0 Å². The predicted octanol–water partition coefficient (Wildman–Crippen LogP) is 3.62. The van der Waals surface area contributed by atoms with Crippen LogP contribution in [0.3, 0.4) is 0 Å². The summed E-state index contributed by atoms with van der Waals surface area (Å²) in [5.74, 6) is -2.31. The number of carbonyl (C=O) groups is 1. The number of ether oxygens (including phenoxy) is 1. The molecule has 23 heavy (non-hydrogen) atoms. The lowest BCUT2D eigenvalue weighted by atomic mass is 10.3. The fraction of sp³-hybridized carbons (Fsp3) is 0.133. The third kappa shape index (κ3) is 4.87. The van der Waals surface area contributed by atoms with Crippen LogP contribution in [0.5, 0.6) is 5.75 Å². The largest absolute Gasteiger partial charge is 0.433 e. The molecule has 0 atom stereocenters. The van der Waals surface area contributed by atoms with Crippen molar-refractivity contribution in [3.05, 3.63) is 54.1 Å². The summed E-state index contributed by atoms with van der Waals surface area (Å²) < 4.78 is 55.2. The molecule has 0 aliphatic rings. The van der Waals surface area contributed by atoms with Gasteiger partial charge < -0.3 is 15.4 Å². The van der Waals surface area contributed by atoms with Gasteiger partial charge in [0, 0.05) is 6.07 Å². The molecule has 0 aromatic heterocycles. The Morgan fingerprint density at radius 3 is 2.57 bits per heavy atom. The topological polar surface area (TPSA) is 50.4 Å². The molecule has 122 valence electrons. The van der Waals surface area contributed by atoms with E-state index in [4.69, 9.17) is 0 Å². The number of halogens is 4. The zero-order valence-corrected chi connectivity index (χ0v) is 11.7. The Morgan fingerprint density at radius 2 is 1.83 bits per heavy atom. The molecule has 2 aromatic carbocycles. The lowest BCUT2D eigenvalue weighted by Crippen LogP contribution is -2.22. The minimum absolute atomic E-state index is 0.132. The number of nitrogens with one attached hydrogen (secondary N) is 2. The molecule has 2 N–H and O–H groups in total. The molecule has 0 aliphatic heterocycles. The highest BCUT2D eigenvalue weighted by atomic mass is 19.3. The second kappa shape index (κ2) is 7.48. The Bertz CT molecular complexity index is 695. The van der Waals surface area contributed by atoms with E-state index >= 15 is 0 Å². The van der Waals surface area contributed by atoms with Crippen LogP contribution in [0.4, 0.5) is 28.9 Å². The van der Waals surface area contributed by atoms with Crippen molar-refractivity contribution in [2.75, 3.05) is 17.2 Å². The van der Waals surface area contributed by atoms with E-state index in [0.29, 0.717) is 0 Å². The number of benzene rings is 2. The number of alkyl halides is 2. The molecular formula is C15H12F4N2O2. The monoisotopic (exact) mass is 328 g/mol. The molecule has 0 spiro atoms. The molecule has 0 radical (unpaired) electrons. The molecule has 0 saturated carbocycles. The van der Waals surface area contributed by atoms with Crippen LogP contribution >= 0.6 is 0 Å². The molecule has 8 heteroatoms. The quantitative estimate of drug-likeness (QED) is 0.797. The first kappa shape index (κ1) is 16.6. The van der Waals surface area contributed by atoms with E-state index in [0.717, 1.165) is 18.2 Å². The highest BCUT2D eigenvalue weighted by Crippen LogP contribution is 2.25. The van der Waals surface area contributed by atoms with Gasteiger partial charge in [-0.2, -0.15) is 8.78 Å². The number of carbonyl (C=O) groups excluding carboxylic acids is 1. The van der Waals surface area contributed by atoms with Crippen molar-refractivity contribution < 1.29 is 27.1 Å². The summed E-state index contributed by atoms with van der Waals surface area (Å²) in [5, 5.41) is 4.76. The van der Waals surface area contributed by atoms with Gasteiger partial charge >= 0.3 is 6.61 Å². The van der Waals surface area contributed by atoms with Crippen LogP contribution in [0.25, 0.3) is 0 Å². The van der Waals surface area contributed by atoms with Crippen LogP contribution in [0.15, 0.2) is 42.5 Å². The highest BCUT2D eigenvalue weighted by molar-refractivity contribution is 5.94. The van der Waals surface area contributed by atoms with Crippen LogP contribution in [0.2, 0.25) is 0 Å². The predicted molar refractivity (Wildman–Crippen MR) is 76.6 cm³/mol. The number of hydrogen-bond acceptors (Lipinski definition) is 3. The van der Waals surface area contributed by atoms with E-state index in [1.54, 1.807) is 6.07 Å². The van der Waals surface area contributed by atoms with Crippen LogP contribution in [-0.4, -0.2) is 19.1 Å². The van der Waals surface area contributed by atoms with Gasteiger partial charge in [-0.25, -0.2) is 8.78 Å². The normalized spacial score (nSPS) is 10.5. The molecule has 0 aliphatic carbocycles. The Kier molecular flexibility index (Phi) is 5.40. The van der Waals surface area contributed by atoms with Crippen LogP contribution in [0.1, 0.15) is 0 Å². The van der Waals surface area contributed by atoms with Gasteiger partial charge in [0.05, 0.1) is 17.9 Å². The molecule has 0 heterocycles. The Balaban J connectivity index is 1.98. The number of hydrogen-bond donors (Lipinski definition) is 2. The summed E-state index contributed by atoms with van der Waals surface area (Å²) in [4.78, 5) is 11.7. The van der Waals surface area contributed by atoms with Gasteiger partial charge in [-0.1, -0.05) is 12.1 Å². The molecule has 0 bridgehead atoms. The third-order valence-electron chi connectivity index (χ3n) is 2.75. The molecule has 4 nitrogen and oxygen atoms in total. The zero-order chi connectivity index (χ0) is 16.8. The zero-order valence-electron chi connectivity index (χ0n) is 11.7. The summed E-state index contributed by atoms with van der Waals surface area (Å²) in [5.41, 5.74) is -0.142. The van der Waals surface area contributed by atoms with Crippen molar-refractivity contribution in [3.8, 4) is 5.75 Å².